The average Bonchev–Trinajstić information content (AvgIpc) is 2.94. The van der Waals surface area contributed by atoms with Crippen LogP contribution in [-0.2, 0) is 13.1 Å². The number of aromatic amines is 1. The molecule has 0 aliphatic rings. The fourth-order valence-corrected chi connectivity index (χ4v) is 3.02. The summed E-state index contributed by atoms with van der Waals surface area (Å²) >= 11 is 17.2. The largest absolute Gasteiger partial charge is 0.310 e. The predicted molar refractivity (Wildman–Crippen MR) is 103 cm³/mol. The number of allylic oxidation sites excluding steroid dienone is 1. The maximum Gasteiger partial charge on any atom is 0.261 e. The summed E-state index contributed by atoms with van der Waals surface area (Å²) in [6.07, 6.45) is 3.42. The maximum atomic E-state index is 12.9. The van der Waals surface area contributed by atoms with Gasteiger partial charge in [0.15, 0.2) is 10.6 Å². The predicted octanol–water partition coefficient (Wildman–Crippen LogP) is 4.31. The van der Waals surface area contributed by atoms with Gasteiger partial charge in [-0.1, -0.05) is 35.3 Å². The van der Waals surface area contributed by atoms with Crippen molar-refractivity contribution in [2.45, 2.75) is 13.1 Å². The molecular weight excluding hydrogens is 379 g/mol. The Morgan fingerprint density at radius 1 is 1.28 bits per heavy atom. The molecular formula is C17H14Cl2N4OS. The van der Waals surface area contributed by atoms with Crippen LogP contribution < -0.4 is 5.56 Å². The van der Waals surface area contributed by atoms with Crippen LogP contribution in [0, 0.1) is 4.77 Å². The van der Waals surface area contributed by atoms with Crippen LogP contribution in [0.4, 0.5) is 0 Å². The van der Waals surface area contributed by atoms with E-state index in [1.54, 1.807) is 45.7 Å². The molecule has 128 valence electrons. The van der Waals surface area contributed by atoms with Crippen molar-refractivity contribution in [1.29, 1.82) is 0 Å². The third kappa shape index (κ3) is 3.61. The third-order valence-electron chi connectivity index (χ3n) is 3.67. The quantitative estimate of drug-likeness (QED) is 0.519. The molecule has 0 saturated carbocycles. The van der Waals surface area contributed by atoms with Gasteiger partial charge < -0.3 is 4.57 Å². The lowest BCUT2D eigenvalue weighted by molar-refractivity contribution is 0.754. The Bertz CT molecular complexity index is 1050. The molecule has 0 atom stereocenters. The lowest BCUT2D eigenvalue weighted by atomic mass is 10.2. The first kappa shape index (κ1) is 17.7. The number of hydrogen-bond acceptors (Lipinski definition) is 3. The summed E-state index contributed by atoms with van der Waals surface area (Å²) in [6, 6.07) is 8.81. The summed E-state index contributed by atoms with van der Waals surface area (Å²) in [5.74, 6) is 0.485. The first-order valence-corrected chi connectivity index (χ1v) is 8.57. The molecule has 3 aromatic rings. The molecule has 1 N–H and O–H groups in total. The van der Waals surface area contributed by atoms with Crippen LogP contribution in [0.2, 0.25) is 10.0 Å². The van der Waals surface area contributed by atoms with Crippen LogP contribution in [0.3, 0.4) is 0 Å². The molecule has 0 bridgehead atoms. The lowest BCUT2D eigenvalue weighted by Crippen LogP contribution is -2.22. The van der Waals surface area contributed by atoms with Crippen molar-refractivity contribution in [3.05, 3.63) is 79.9 Å². The first-order chi connectivity index (χ1) is 12.0. The van der Waals surface area contributed by atoms with Crippen molar-refractivity contribution in [2.75, 3.05) is 0 Å². The van der Waals surface area contributed by atoms with E-state index in [1.165, 1.54) is 0 Å². The summed E-state index contributed by atoms with van der Waals surface area (Å²) in [5.41, 5.74) is 1.16. The number of pyridine rings is 1. The normalized spacial score (nSPS) is 10.8. The highest BCUT2D eigenvalue weighted by atomic mass is 35.5. The average molecular weight is 393 g/mol. The zero-order chi connectivity index (χ0) is 18.0. The monoisotopic (exact) mass is 392 g/mol. The molecule has 2 aromatic heterocycles. The second-order valence-electron chi connectivity index (χ2n) is 5.36. The minimum Gasteiger partial charge on any atom is -0.310 e. The van der Waals surface area contributed by atoms with Crippen LogP contribution in [0.1, 0.15) is 5.56 Å². The zero-order valence-electron chi connectivity index (χ0n) is 13.1. The van der Waals surface area contributed by atoms with Crippen molar-refractivity contribution < 1.29 is 0 Å². The van der Waals surface area contributed by atoms with Gasteiger partial charge in [-0.05, 0) is 42.0 Å². The van der Waals surface area contributed by atoms with E-state index >= 15 is 0 Å². The van der Waals surface area contributed by atoms with E-state index < -0.39 is 0 Å². The Balaban J connectivity index is 2.03. The summed E-state index contributed by atoms with van der Waals surface area (Å²) in [5, 5.41) is 7.84. The molecule has 0 aliphatic heterocycles. The van der Waals surface area contributed by atoms with Gasteiger partial charge in [-0.2, -0.15) is 5.10 Å². The molecule has 0 radical (unpaired) electrons. The number of H-pyrrole nitrogens is 1. The molecule has 0 unspecified atom stereocenters. The first-order valence-electron chi connectivity index (χ1n) is 7.41. The fraction of sp³-hybridized carbons (Fsp3) is 0.118. The van der Waals surface area contributed by atoms with E-state index in [9.17, 15) is 4.79 Å². The third-order valence-corrected chi connectivity index (χ3v) is 4.72. The Morgan fingerprint density at radius 3 is 2.80 bits per heavy atom. The Morgan fingerprint density at radius 2 is 2.08 bits per heavy atom. The maximum absolute atomic E-state index is 12.9. The molecule has 2 heterocycles. The summed E-state index contributed by atoms with van der Waals surface area (Å²) < 4.78 is 3.75. The number of nitrogens with zero attached hydrogens (tertiary/aromatic N) is 3. The minimum atomic E-state index is -0.173. The van der Waals surface area contributed by atoms with Gasteiger partial charge in [0.1, 0.15) is 0 Å². The highest BCUT2D eigenvalue weighted by molar-refractivity contribution is 7.71. The molecule has 0 spiro atoms. The minimum absolute atomic E-state index is 0.173. The SMILES string of the molecule is C=CCn1c(-c2cccn(Cc3ccc(Cl)c(Cl)c3)c2=O)n[nH]c1=S. The molecule has 0 fully saturated rings. The zero-order valence-corrected chi connectivity index (χ0v) is 15.4. The number of hydrogen-bond donors (Lipinski definition) is 1. The Labute approximate surface area is 159 Å². The molecule has 25 heavy (non-hydrogen) atoms. The van der Waals surface area contributed by atoms with Crippen molar-refractivity contribution in [3.8, 4) is 11.4 Å². The highest BCUT2D eigenvalue weighted by Gasteiger charge is 2.13. The molecule has 1 aromatic carbocycles. The standard InChI is InChI=1S/C17H14Cl2N4OS/c1-2-7-23-15(20-21-17(23)25)12-4-3-8-22(16(12)24)10-11-5-6-13(18)14(19)9-11/h2-6,8-9H,1,7,10H2,(H,21,25). The molecule has 0 aliphatic carbocycles. The van der Waals surface area contributed by atoms with Crippen molar-refractivity contribution >= 4 is 35.4 Å². The molecule has 0 saturated heterocycles. The summed E-state index contributed by atoms with van der Waals surface area (Å²) in [4.78, 5) is 12.9. The van der Waals surface area contributed by atoms with Crippen molar-refractivity contribution in [3.63, 3.8) is 0 Å². The van der Waals surface area contributed by atoms with Gasteiger partial charge in [0, 0.05) is 12.7 Å². The van der Waals surface area contributed by atoms with Crippen molar-refractivity contribution in [2.24, 2.45) is 0 Å². The number of aromatic nitrogens is 4. The second kappa shape index (κ2) is 7.39. The van der Waals surface area contributed by atoms with Crippen LogP contribution in [0.25, 0.3) is 11.4 Å². The Kier molecular flexibility index (Phi) is 5.22. The number of rotatable bonds is 5. The van der Waals surface area contributed by atoms with Crippen molar-refractivity contribution in [1.82, 2.24) is 19.3 Å². The van der Waals surface area contributed by atoms with Gasteiger partial charge in [-0.25, -0.2) is 0 Å². The topological polar surface area (TPSA) is 55.6 Å². The van der Waals surface area contributed by atoms with E-state index in [2.05, 4.69) is 16.8 Å². The van der Waals surface area contributed by atoms with E-state index in [1.807, 2.05) is 6.07 Å². The van der Waals surface area contributed by atoms with Crippen LogP contribution in [-0.4, -0.2) is 19.3 Å². The summed E-state index contributed by atoms with van der Waals surface area (Å²) in [7, 11) is 0. The van der Waals surface area contributed by atoms with E-state index in [0.717, 1.165) is 5.56 Å². The van der Waals surface area contributed by atoms with Gasteiger partial charge in [-0.15, -0.1) is 6.58 Å². The lowest BCUT2D eigenvalue weighted by Gasteiger charge is -2.09. The second-order valence-corrected chi connectivity index (χ2v) is 6.56. The van der Waals surface area contributed by atoms with Crippen LogP contribution >= 0.6 is 35.4 Å². The van der Waals surface area contributed by atoms with Gasteiger partial charge in [0.25, 0.3) is 5.56 Å². The summed E-state index contributed by atoms with van der Waals surface area (Å²) in [6.45, 7) is 4.54. The number of benzene rings is 1. The molecule has 3 rings (SSSR count). The van der Waals surface area contributed by atoms with Gasteiger partial charge in [0.2, 0.25) is 0 Å². The van der Waals surface area contributed by atoms with Gasteiger partial charge >= 0.3 is 0 Å². The Hall–Kier alpha value is -2.15. The molecule has 0 amide bonds. The number of nitrogens with one attached hydrogen (secondary N) is 1. The number of halogens is 2. The fourth-order valence-electron chi connectivity index (χ4n) is 2.49. The van der Waals surface area contributed by atoms with Gasteiger partial charge in [-0.3, -0.25) is 14.5 Å². The van der Waals surface area contributed by atoms with Gasteiger partial charge in [0.05, 0.1) is 22.2 Å². The van der Waals surface area contributed by atoms with Crippen LogP contribution in [0.15, 0.2) is 54.0 Å². The molecule has 5 nitrogen and oxygen atoms in total. The molecule has 8 heteroatoms. The van der Waals surface area contributed by atoms with E-state index in [0.29, 0.717) is 39.3 Å². The van der Waals surface area contributed by atoms with E-state index in [-0.39, 0.29) is 5.56 Å². The van der Waals surface area contributed by atoms with Crippen LogP contribution in [0.5, 0.6) is 0 Å². The highest BCUT2D eigenvalue weighted by Crippen LogP contribution is 2.23. The van der Waals surface area contributed by atoms with E-state index in [4.69, 9.17) is 35.4 Å². The smallest absolute Gasteiger partial charge is 0.261 e.